The van der Waals surface area contributed by atoms with Crippen LogP contribution in [0.1, 0.15) is 0 Å². The van der Waals surface area contributed by atoms with E-state index < -0.39 is 0 Å². The van der Waals surface area contributed by atoms with Gasteiger partial charge in [-0.15, -0.1) is 0 Å². The smallest absolute Gasteiger partial charge is 0.274 e. The van der Waals surface area contributed by atoms with Crippen molar-refractivity contribution in [3.05, 3.63) is 77.1 Å². The second-order valence-corrected chi connectivity index (χ2v) is 6.90. The molecule has 1 aliphatic rings. The quantitative estimate of drug-likeness (QED) is 0.564. The number of rotatable bonds is 3. The maximum atomic E-state index is 13.4. The number of morpholine rings is 1. The molecule has 0 spiro atoms. The Labute approximate surface area is 157 Å². The molecule has 5 nitrogen and oxygen atoms in total. The Morgan fingerprint density at radius 1 is 0.815 bits per heavy atom. The molecule has 4 aromatic rings. The highest BCUT2D eigenvalue weighted by atomic mass is 16.5. The first-order valence-electron chi connectivity index (χ1n) is 9.32. The lowest BCUT2D eigenvalue weighted by Gasteiger charge is -2.28. The summed E-state index contributed by atoms with van der Waals surface area (Å²) in [6.07, 6.45) is 0. The van der Waals surface area contributed by atoms with Gasteiger partial charge in [-0.25, -0.2) is 9.20 Å². The van der Waals surface area contributed by atoms with Gasteiger partial charge in [0.25, 0.3) is 5.56 Å². The fourth-order valence-corrected chi connectivity index (χ4v) is 3.90. The zero-order valence-corrected chi connectivity index (χ0v) is 15.0. The molecule has 136 valence electrons. The molecule has 0 N–H and O–H groups in total. The van der Waals surface area contributed by atoms with Crippen LogP contribution in [-0.2, 0) is 11.4 Å². The number of ether oxygens (including phenoxy) is 1. The SMILES string of the molecule is O=c1c2ccccc2c2ccc(-c3ccccc3)n2n1CN1CCOCC1. The molecule has 27 heavy (non-hydrogen) atoms. The van der Waals surface area contributed by atoms with Crippen LogP contribution in [0.25, 0.3) is 27.5 Å². The number of hydrogen-bond donors (Lipinski definition) is 0. The molecule has 1 saturated heterocycles. The Kier molecular flexibility index (Phi) is 4.03. The zero-order chi connectivity index (χ0) is 18.2. The standard InChI is InChI=1S/C22H21N3O2/c26-22-19-9-5-4-8-18(19)21-11-10-20(17-6-2-1-3-7-17)25(21)24(22)16-23-12-14-27-15-13-23/h1-11H,12-16H2. The van der Waals surface area contributed by atoms with Crippen molar-refractivity contribution >= 4 is 16.3 Å². The summed E-state index contributed by atoms with van der Waals surface area (Å²) in [4.78, 5) is 15.7. The van der Waals surface area contributed by atoms with E-state index in [4.69, 9.17) is 4.74 Å². The van der Waals surface area contributed by atoms with Gasteiger partial charge in [-0.1, -0.05) is 48.5 Å². The summed E-state index contributed by atoms with van der Waals surface area (Å²) in [6.45, 7) is 3.65. The van der Waals surface area contributed by atoms with E-state index in [0.717, 1.165) is 40.6 Å². The number of aromatic nitrogens is 2. The monoisotopic (exact) mass is 359 g/mol. The Morgan fingerprint density at radius 2 is 1.52 bits per heavy atom. The Balaban J connectivity index is 1.79. The highest BCUT2D eigenvalue weighted by molar-refractivity contribution is 5.96. The number of hydrogen-bond acceptors (Lipinski definition) is 3. The van der Waals surface area contributed by atoms with Gasteiger partial charge in [0, 0.05) is 24.0 Å². The fourth-order valence-electron chi connectivity index (χ4n) is 3.90. The van der Waals surface area contributed by atoms with Gasteiger partial charge in [-0.3, -0.25) is 9.69 Å². The van der Waals surface area contributed by atoms with Crippen molar-refractivity contribution in [1.29, 1.82) is 0 Å². The second-order valence-electron chi connectivity index (χ2n) is 6.90. The molecule has 5 heteroatoms. The Hall–Kier alpha value is -2.89. The normalized spacial score (nSPS) is 15.6. The van der Waals surface area contributed by atoms with Gasteiger partial charge in [0.15, 0.2) is 0 Å². The molecule has 0 atom stereocenters. The van der Waals surface area contributed by atoms with Crippen molar-refractivity contribution in [1.82, 2.24) is 14.1 Å². The van der Waals surface area contributed by atoms with E-state index >= 15 is 0 Å². The Bertz CT molecular complexity index is 1150. The summed E-state index contributed by atoms with van der Waals surface area (Å²) in [5, 5.41) is 1.75. The predicted octanol–water partition coefficient (Wildman–Crippen LogP) is 3.21. The van der Waals surface area contributed by atoms with Crippen molar-refractivity contribution in [2.24, 2.45) is 0 Å². The van der Waals surface area contributed by atoms with Crippen molar-refractivity contribution < 1.29 is 4.74 Å². The zero-order valence-electron chi connectivity index (χ0n) is 15.0. The second kappa shape index (κ2) is 6.68. The van der Waals surface area contributed by atoms with E-state index in [2.05, 4.69) is 33.7 Å². The molecule has 1 fully saturated rings. The lowest BCUT2D eigenvalue weighted by Crippen LogP contribution is -2.41. The van der Waals surface area contributed by atoms with Crippen LogP contribution in [0.2, 0.25) is 0 Å². The van der Waals surface area contributed by atoms with E-state index in [9.17, 15) is 4.79 Å². The van der Waals surface area contributed by atoms with Crippen LogP contribution in [0.4, 0.5) is 0 Å². The van der Waals surface area contributed by atoms with Crippen LogP contribution in [0.3, 0.4) is 0 Å². The third kappa shape index (κ3) is 2.76. The summed E-state index contributed by atoms with van der Waals surface area (Å²) >= 11 is 0. The van der Waals surface area contributed by atoms with Gasteiger partial charge in [-0.05, 0) is 18.2 Å². The van der Waals surface area contributed by atoms with E-state index in [-0.39, 0.29) is 5.56 Å². The average molecular weight is 359 g/mol. The highest BCUT2D eigenvalue weighted by Crippen LogP contribution is 2.26. The maximum absolute atomic E-state index is 13.4. The van der Waals surface area contributed by atoms with Crippen molar-refractivity contribution in [3.8, 4) is 11.3 Å². The molecule has 3 heterocycles. The largest absolute Gasteiger partial charge is 0.379 e. The van der Waals surface area contributed by atoms with Crippen molar-refractivity contribution in [2.75, 3.05) is 26.3 Å². The van der Waals surface area contributed by atoms with Gasteiger partial charge in [-0.2, -0.15) is 0 Å². The maximum Gasteiger partial charge on any atom is 0.274 e. The summed E-state index contributed by atoms with van der Waals surface area (Å²) in [5.41, 5.74) is 3.22. The average Bonchev–Trinajstić information content (AvgIpc) is 3.18. The molecule has 2 aromatic heterocycles. The van der Waals surface area contributed by atoms with E-state index in [1.807, 2.05) is 47.1 Å². The minimum atomic E-state index is 0.0398. The number of fused-ring (bicyclic) bond motifs is 3. The van der Waals surface area contributed by atoms with Crippen molar-refractivity contribution in [2.45, 2.75) is 6.67 Å². The van der Waals surface area contributed by atoms with Gasteiger partial charge in [0.1, 0.15) is 0 Å². The molecule has 1 aliphatic heterocycles. The van der Waals surface area contributed by atoms with E-state index in [0.29, 0.717) is 19.9 Å². The third-order valence-electron chi connectivity index (χ3n) is 5.27. The van der Waals surface area contributed by atoms with Gasteiger partial charge in [0.05, 0.1) is 36.5 Å². The van der Waals surface area contributed by atoms with E-state index in [1.165, 1.54) is 0 Å². The first-order chi connectivity index (χ1) is 13.3. The lowest BCUT2D eigenvalue weighted by atomic mass is 10.1. The molecule has 0 radical (unpaired) electrons. The minimum absolute atomic E-state index is 0.0398. The number of nitrogens with zero attached hydrogens (tertiary/aromatic N) is 3. The highest BCUT2D eigenvalue weighted by Gasteiger charge is 2.18. The molecule has 0 bridgehead atoms. The summed E-state index contributed by atoms with van der Waals surface area (Å²) in [5.74, 6) is 0. The molecule has 5 rings (SSSR count). The van der Waals surface area contributed by atoms with Gasteiger partial charge < -0.3 is 4.74 Å². The van der Waals surface area contributed by atoms with Crippen molar-refractivity contribution in [3.63, 3.8) is 0 Å². The summed E-state index contributed by atoms with van der Waals surface area (Å²) < 4.78 is 9.41. The molecule has 2 aromatic carbocycles. The van der Waals surface area contributed by atoms with Crippen LogP contribution in [0.15, 0.2) is 71.5 Å². The Morgan fingerprint density at radius 3 is 2.30 bits per heavy atom. The van der Waals surface area contributed by atoms with Gasteiger partial charge >= 0.3 is 0 Å². The molecule has 0 amide bonds. The minimum Gasteiger partial charge on any atom is -0.379 e. The summed E-state index contributed by atoms with van der Waals surface area (Å²) in [6, 6.07) is 22.3. The third-order valence-corrected chi connectivity index (χ3v) is 5.27. The van der Waals surface area contributed by atoms with Crippen LogP contribution in [0, 0.1) is 0 Å². The molecule has 0 aliphatic carbocycles. The van der Waals surface area contributed by atoms with Crippen LogP contribution < -0.4 is 5.56 Å². The lowest BCUT2D eigenvalue weighted by molar-refractivity contribution is 0.0199. The predicted molar refractivity (Wildman–Crippen MR) is 107 cm³/mol. The first-order valence-corrected chi connectivity index (χ1v) is 9.32. The molecule has 0 unspecified atom stereocenters. The van der Waals surface area contributed by atoms with Crippen LogP contribution >= 0.6 is 0 Å². The topological polar surface area (TPSA) is 38.9 Å². The molecule has 0 saturated carbocycles. The fraction of sp³-hybridized carbons (Fsp3) is 0.227. The van der Waals surface area contributed by atoms with E-state index in [1.54, 1.807) is 0 Å². The van der Waals surface area contributed by atoms with Crippen LogP contribution in [0.5, 0.6) is 0 Å². The molecular formula is C22H21N3O2. The number of benzene rings is 2. The van der Waals surface area contributed by atoms with Crippen LogP contribution in [-0.4, -0.2) is 40.4 Å². The van der Waals surface area contributed by atoms with Gasteiger partial charge in [0.2, 0.25) is 0 Å². The summed E-state index contributed by atoms with van der Waals surface area (Å²) in [7, 11) is 0. The molecular weight excluding hydrogens is 338 g/mol. The first kappa shape index (κ1) is 16.3.